The molecule has 3 rings (SSSR count). The van der Waals surface area contributed by atoms with Gasteiger partial charge in [0.1, 0.15) is 11.3 Å². The van der Waals surface area contributed by atoms with E-state index < -0.39 is 5.97 Å². The van der Waals surface area contributed by atoms with E-state index in [0.717, 1.165) is 42.4 Å². The summed E-state index contributed by atoms with van der Waals surface area (Å²) in [7, 11) is 1.35. The van der Waals surface area contributed by atoms with Gasteiger partial charge >= 0.3 is 5.97 Å². The van der Waals surface area contributed by atoms with Gasteiger partial charge in [0, 0.05) is 22.4 Å². The van der Waals surface area contributed by atoms with Crippen LogP contribution in [0.25, 0.3) is 10.4 Å². The lowest BCUT2D eigenvalue weighted by molar-refractivity contribution is -0.123. The molecule has 1 aliphatic rings. The van der Waals surface area contributed by atoms with Crippen molar-refractivity contribution in [3.8, 4) is 10.4 Å². The van der Waals surface area contributed by atoms with E-state index in [1.54, 1.807) is 23.1 Å². The van der Waals surface area contributed by atoms with Gasteiger partial charge in [-0.15, -0.1) is 11.3 Å². The minimum atomic E-state index is -0.451. The third-order valence-corrected chi connectivity index (χ3v) is 6.97. The van der Waals surface area contributed by atoms with Crippen molar-refractivity contribution < 1.29 is 19.1 Å². The van der Waals surface area contributed by atoms with Crippen LogP contribution in [0.1, 0.15) is 67.2 Å². The maximum absolute atomic E-state index is 13.5. The molecule has 1 aromatic heterocycles. The van der Waals surface area contributed by atoms with Crippen molar-refractivity contribution in [2.75, 3.05) is 12.0 Å². The molecule has 2 aromatic rings. The monoisotopic (exact) mass is 427 g/mol. The first-order valence-electron chi connectivity index (χ1n) is 10.5. The molecule has 30 heavy (non-hydrogen) atoms. The smallest absolute Gasteiger partial charge is 0.340 e. The molecule has 160 valence electrons. The average Bonchev–Trinajstić information content (AvgIpc) is 3.18. The highest BCUT2D eigenvalue weighted by molar-refractivity contribution is 7.20. The number of thiophene rings is 1. The third kappa shape index (κ3) is 4.64. The minimum absolute atomic E-state index is 0.00785. The number of benzene rings is 1. The quantitative estimate of drug-likeness (QED) is 0.446. The summed E-state index contributed by atoms with van der Waals surface area (Å²) < 4.78 is 5.02. The second kappa shape index (κ2) is 9.56. The number of hydrogen-bond acceptors (Lipinski definition) is 5. The maximum Gasteiger partial charge on any atom is 0.340 e. The predicted octanol–water partition coefficient (Wildman–Crippen LogP) is 5.58. The summed E-state index contributed by atoms with van der Waals surface area (Å²) in [5, 5.41) is 0.634. The molecule has 0 aliphatic heterocycles. The summed E-state index contributed by atoms with van der Waals surface area (Å²) in [6, 6.07) is 8.90. The number of esters is 1. The average molecular weight is 428 g/mol. The van der Waals surface area contributed by atoms with Gasteiger partial charge in [-0.3, -0.25) is 9.59 Å². The second-order valence-corrected chi connectivity index (χ2v) is 9.35. The lowest BCUT2D eigenvalue weighted by Crippen LogP contribution is -2.42. The van der Waals surface area contributed by atoms with E-state index in [2.05, 4.69) is 6.92 Å². The molecule has 5 nitrogen and oxygen atoms in total. The zero-order chi connectivity index (χ0) is 21.8. The maximum atomic E-state index is 13.5. The highest BCUT2D eigenvalue weighted by atomic mass is 32.1. The number of nitrogens with zero attached hydrogens (tertiary/aromatic N) is 1. The van der Waals surface area contributed by atoms with Crippen LogP contribution < -0.4 is 4.90 Å². The van der Waals surface area contributed by atoms with Crippen molar-refractivity contribution in [1.82, 2.24) is 0 Å². The fourth-order valence-electron chi connectivity index (χ4n) is 3.98. The molecule has 1 saturated carbocycles. The van der Waals surface area contributed by atoms with E-state index in [4.69, 9.17) is 4.74 Å². The summed E-state index contributed by atoms with van der Waals surface area (Å²) in [5.41, 5.74) is 1.89. The van der Waals surface area contributed by atoms with Gasteiger partial charge in [0.25, 0.3) is 0 Å². The van der Waals surface area contributed by atoms with Gasteiger partial charge in [-0.25, -0.2) is 4.79 Å². The lowest BCUT2D eigenvalue weighted by atomic mass is 9.82. The Kier molecular flexibility index (Phi) is 7.08. The van der Waals surface area contributed by atoms with Crippen LogP contribution in [-0.4, -0.2) is 31.3 Å². The lowest BCUT2D eigenvalue weighted by Gasteiger charge is -2.33. The molecular formula is C24H29NO4S. The number of carbonyl (C=O) groups is 3. The van der Waals surface area contributed by atoms with Crippen LogP contribution >= 0.6 is 11.3 Å². The minimum Gasteiger partial charge on any atom is -0.465 e. The van der Waals surface area contributed by atoms with Gasteiger partial charge in [-0.2, -0.15) is 0 Å². The van der Waals surface area contributed by atoms with Crippen LogP contribution in [0.15, 0.2) is 30.3 Å². The second-order valence-electron chi connectivity index (χ2n) is 8.32. The first kappa shape index (κ1) is 22.2. The largest absolute Gasteiger partial charge is 0.465 e. The van der Waals surface area contributed by atoms with E-state index >= 15 is 0 Å². The van der Waals surface area contributed by atoms with Crippen molar-refractivity contribution in [2.24, 2.45) is 11.8 Å². The van der Waals surface area contributed by atoms with E-state index in [0.29, 0.717) is 22.0 Å². The van der Waals surface area contributed by atoms with Crippen LogP contribution in [0.3, 0.4) is 0 Å². The number of methoxy groups -OCH3 is 1. The fraction of sp³-hybridized carbons (Fsp3) is 0.458. The van der Waals surface area contributed by atoms with E-state index in [9.17, 15) is 14.4 Å². The first-order chi connectivity index (χ1) is 14.3. The summed E-state index contributed by atoms with van der Waals surface area (Å²) in [4.78, 5) is 39.6. The molecule has 0 bridgehead atoms. The normalized spacial score (nSPS) is 18.8. The molecular weight excluding hydrogens is 398 g/mol. The summed E-state index contributed by atoms with van der Waals surface area (Å²) in [6.45, 7) is 6.18. The number of hydrogen-bond donors (Lipinski definition) is 0. The fourth-order valence-corrected chi connectivity index (χ4v) is 5.27. The zero-order valence-corrected chi connectivity index (χ0v) is 18.8. The van der Waals surface area contributed by atoms with Gasteiger partial charge in [0.2, 0.25) is 5.91 Å². The first-order valence-corrected chi connectivity index (χ1v) is 11.3. The molecule has 0 saturated heterocycles. The molecule has 0 N–H and O–H groups in total. The highest BCUT2D eigenvalue weighted by Crippen LogP contribution is 2.41. The van der Waals surface area contributed by atoms with Crippen molar-refractivity contribution in [2.45, 2.75) is 52.5 Å². The van der Waals surface area contributed by atoms with Gasteiger partial charge in [-0.05, 0) is 57.1 Å². The Morgan fingerprint density at radius 3 is 2.30 bits per heavy atom. The summed E-state index contributed by atoms with van der Waals surface area (Å²) in [6.07, 6.45) is 4.70. The predicted molar refractivity (Wildman–Crippen MR) is 120 cm³/mol. The van der Waals surface area contributed by atoms with Gasteiger partial charge in [0.05, 0.1) is 12.7 Å². The summed E-state index contributed by atoms with van der Waals surface area (Å²) in [5.74, 6) is 0.292. The van der Waals surface area contributed by atoms with Gasteiger partial charge < -0.3 is 9.64 Å². The van der Waals surface area contributed by atoms with E-state index in [1.165, 1.54) is 18.4 Å². The molecule has 1 aromatic carbocycles. The van der Waals surface area contributed by atoms with Crippen molar-refractivity contribution >= 4 is 34.5 Å². The molecule has 0 atom stereocenters. The van der Waals surface area contributed by atoms with Crippen molar-refractivity contribution in [3.05, 3.63) is 41.5 Å². The van der Waals surface area contributed by atoms with Gasteiger partial charge in [-0.1, -0.05) is 31.2 Å². The Morgan fingerprint density at radius 2 is 1.77 bits per heavy atom. The van der Waals surface area contributed by atoms with E-state index in [1.807, 2.05) is 26.0 Å². The number of ether oxygens (including phenoxy) is 1. The Hall–Kier alpha value is -2.47. The third-order valence-electron chi connectivity index (χ3n) is 5.79. The number of carbonyl (C=O) groups excluding carboxylic acids is 3. The van der Waals surface area contributed by atoms with Crippen LogP contribution in [-0.2, 0) is 9.53 Å². The van der Waals surface area contributed by atoms with Gasteiger partial charge in [0.15, 0.2) is 0 Å². The molecule has 0 radical (unpaired) electrons. The SMILES string of the molecule is COC(=O)c1cc(-c2ccc(C=O)cc2)sc1N(C(=O)[C@H]1CC[C@H](C)CC1)C(C)C. The molecule has 0 spiro atoms. The van der Waals surface area contributed by atoms with Crippen LogP contribution in [0, 0.1) is 11.8 Å². The topological polar surface area (TPSA) is 63.7 Å². The molecule has 6 heteroatoms. The standard InChI is InChI=1S/C24H29NO4S/c1-15(2)25(22(27)19-9-5-16(3)6-10-19)23-20(24(28)29-4)13-21(30-23)18-11-7-17(14-26)8-12-18/h7-8,11-16,19H,5-6,9-10H2,1-4H3/t16-,19-. The number of amides is 1. The molecule has 1 amide bonds. The molecule has 0 unspecified atom stereocenters. The molecule has 1 aliphatic carbocycles. The number of aldehydes is 1. The van der Waals surface area contributed by atoms with Crippen LogP contribution in [0.5, 0.6) is 0 Å². The zero-order valence-electron chi connectivity index (χ0n) is 18.0. The Labute approximate surface area is 182 Å². The molecule has 1 fully saturated rings. The highest BCUT2D eigenvalue weighted by Gasteiger charge is 2.33. The van der Waals surface area contributed by atoms with Crippen molar-refractivity contribution in [1.29, 1.82) is 0 Å². The van der Waals surface area contributed by atoms with E-state index in [-0.39, 0.29) is 17.9 Å². The number of rotatable bonds is 6. The summed E-state index contributed by atoms with van der Waals surface area (Å²) >= 11 is 1.41. The van der Waals surface area contributed by atoms with Crippen molar-refractivity contribution in [3.63, 3.8) is 0 Å². The Morgan fingerprint density at radius 1 is 1.13 bits per heavy atom. The Balaban J connectivity index is 2.01. The van der Waals surface area contributed by atoms with Crippen LogP contribution in [0.4, 0.5) is 5.00 Å². The Bertz CT molecular complexity index is 908. The molecule has 1 heterocycles. The van der Waals surface area contributed by atoms with Crippen LogP contribution in [0.2, 0.25) is 0 Å². The number of anilines is 1.